The van der Waals surface area contributed by atoms with Crippen LogP contribution in [0.25, 0.3) is 0 Å². The predicted molar refractivity (Wildman–Crippen MR) is 68.4 cm³/mol. The predicted octanol–water partition coefficient (Wildman–Crippen LogP) is 1.09. The summed E-state index contributed by atoms with van der Waals surface area (Å²) in [6.45, 7) is -0.178. The Balaban J connectivity index is 2.14. The van der Waals surface area contributed by atoms with Crippen LogP contribution in [0.1, 0.15) is 17.5 Å². The standard InChI is InChI=1S/C12H13F3N2O3S/c13-12(14,15)9-3-1-2-8(4-9)6-17-7-10(5-11(17)18)21(16,19)20/h1-4,10H,5-7H2,(H2,16,19,20). The molecule has 0 aromatic heterocycles. The summed E-state index contributed by atoms with van der Waals surface area (Å²) in [5.41, 5.74) is -0.525. The normalized spacial score (nSPS) is 20.1. The maximum atomic E-state index is 12.6. The fourth-order valence-corrected chi connectivity index (χ4v) is 2.94. The van der Waals surface area contributed by atoms with Crippen LogP contribution in [0.15, 0.2) is 24.3 Å². The molecule has 1 aliphatic heterocycles. The molecule has 1 unspecified atom stereocenters. The van der Waals surface area contributed by atoms with Gasteiger partial charge in [-0.15, -0.1) is 0 Å². The van der Waals surface area contributed by atoms with Gasteiger partial charge in [-0.3, -0.25) is 4.79 Å². The van der Waals surface area contributed by atoms with Crippen LogP contribution in [-0.2, 0) is 27.5 Å². The number of likely N-dealkylation sites (tertiary alicyclic amines) is 1. The minimum Gasteiger partial charge on any atom is -0.337 e. The molecule has 2 rings (SSSR count). The third-order valence-corrected chi connectivity index (χ3v) is 4.52. The third-order valence-electron chi connectivity index (χ3n) is 3.27. The van der Waals surface area contributed by atoms with E-state index in [1.165, 1.54) is 17.0 Å². The van der Waals surface area contributed by atoms with E-state index in [0.29, 0.717) is 0 Å². The number of nitrogens with zero attached hydrogens (tertiary/aromatic N) is 1. The zero-order chi connectivity index (χ0) is 15.8. The Morgan fingerprint density at radius 3 is 2.52 bits per heavy atom. The number of benzene rings is 1. The van der Waals surface area contributed by atoms with E-state index in [2.05, 4.69) is 0 Å². The van der Waals surface area contributed by atoms with Gasteiger partial charge >= 0.3 is 6.18 Å². The highest BCUT2D eigenvalue weighted by Gasteiger charge is 2.36. The van der Waals surface area contributed by atoms with Crippen molar-refractivity contribution in [1.82, 2.24) is 4.90 Å². The van der Waals surface area contributed by atoms with Gasteiger partial charge in [0.05, 0.1) is 5.56 Å². The number of nitrogens with two attached hydrogens (primary N) is 1. The van der Waals surface area contributed by atoms with Crippen molar-refractivity contribution >= 4 is 15.9 Å². The molecule has 5 nitrogen and oxygen atoms in total. The maximum Gasteiger partial charge on any atom is 0.416 e. The number of hydrogen-bond acceptors (Lipinski definition) is 3. The quantitative estimate of drug-likeness (QED) is 0.905. The lowest BCUT2D eigenvalue weighted by Crippen LogP contribution is -2.31. The summed E-state index contributed by atoms with van der Waals surface area (Å²) >= 11 is 0. The van der Waals surface area contributed by atoms with Gasteiger partial charge in [-0.1, -0.05) is 12.1 Å². The molecule has 0 radical (unpaired) electrons. The highest BCUT2D eigenvalue weighted by atomic mass is 32.2. The van der Waals surface area contributed by atoms with Crippen molar-refractivity contribution in [3.8, 4) is 0 Å². The Morgan fingerprint density at radius 1 is 1.33 bits per heavy atom. The third kappa shape index (κ3) is 3.73. The van der Waals surface area contributed by atoms with Gasteiger partial charge < -0.3 is 4.90 Å². The summed E-state index contributed by atoms with van der Waals surface area (Å²) in [5.74, 6) is -0.438. The van der Waals surface area contributed by atoms with Gasteiger partial charge in [-0.2, -0.15) is 13.2 Å². The van der Waals surface area contributed by atoms with E-state index in [-0.39, 0.29) is 25.1 Å². The van der Waals surface area contributed by atoms with Crippen LogP contribution in [0.5, 0.6) is 0 Å². The largest absolute Gasteiger partial charge is 0.416 e. The first-order chi connectivity index (χ1) is 9.57. The van der Waals surface area contributed by atoms with Gasteiger partial charge in [-0.25, -0.2) is 13.6 Å². The number of sulfonamides is 1. The SMILES string of the molecule is NS(=O)(=O)C1CC(=O)N(Cc2cccc(C(F)(F)F)c2)C1. The molecule has 1 aromatic carbocycles. The molecule has 2 N–H and O–H groups in total. The zero-order valence-corrected chi connectivity index (χ0v) is 11.6. The first-order valence-electron chi connectivity index (χ1n) is 6.03. The molecular weight excluding hydrogens is 309 g/mol. The van der Waals surface area contributed by atoms with Crippen molar-refractivity contribution < 1.29 is 26.4 Å². The van der Waals surface area contributed by atoms with Crippen LogP contribution in [-0.4, -0.2) is 31.0 Å². The fourth-order valence-electron chi connectivity index (χ4n) is 2.18. The molecule has 1 atom stereocenters. The first kappa shape index (κ1) is 15.8. The van der Waals surface area contributed by atoms with Crippen molar-refractivity contribution in [3.05, 3.63) is 35.4 Å². The number of halogens is 3. The Labute approximate surface area is 119 Å². The minimum atomic E-state index is -4.46. The molecule has 0 saturated carbocycles. The van der Waals surface area contributed by atoms with Crippen molar-refractivity contribution in [2.45, 2.75) is 24.4 Å². The molecule has 1 amide bonds. The summed E-state index contributed by atoms with van der Waals surface area (Å²) < 4.78 is 60.2. The van der Waals surface area contributed by atoms with E-state index in [0.717, 1.165) is 12.1 Å². The summed E-state index contributed by atoms with van der Waals surface area (Å²) in [6.07, 6.45) is -4.70. The molecule has 1 heterocycles. The van der Waals surface area contributed by atoms with Gasteiger partial charge in [0.2, 0.25) is 15.9 Å². The average Bonchev–Trinajstić information content (AvgIpc) is 2.70. The Kier molecular flexibility index (Phi) is 3.98. The van der Waals surface area contributed by atoms with E-state index in [4.69, 9.17) is 5.14 Å². The second kappa shape index (κ2) is 5.30. The van der Waals surface area contributed by atoms with Crippen molar-refractivity contribution in [2.75, 3.05) is 6.54 Å². The fraction of sp³-hybridized carbons (Fsp3) is 0.417. The van der Waals surface area contributed by atoms with E-state index in [1.54, 1.807) is 0 Å². The van der Waals surface area contributed by atoms with Crippen LogP contribution in [0.4, 0.5) is 13.2 Å². The van der Waals surface area contributed by atoms with E-state index in [1.807, 2.05) is 0 Å². The molecule has 0 aliphatic carbocycles. The van der Waals surface area contributed by atoms with Gasteiger partial charge in [-0.05, 0) is 17.7 Å². The molecule has 9 heteroatoms. The highest BCUT2D eigenvalue weighted by Crippen LogP contribution is 2.30. The Bertz CT molecular complexity index is 658. The average molecular weight is 322 g/mol. The number of alkyl halides is 3. The zero-order valence-electron chi connectivity index (χ0n) is 10.8. The van der Waals surface area contributed by atoms with Gasteiger partial charge in [0.25, 0.3) is 0 Å². The second-order valence-electron chi connectivity index (χ2n) is 4.89. The molecule has 116 valence electrons. The Morgan fingerprint density at radius 2 is 2.00 bits per heavy atom. The van der Waals surface area contributed by atoms with E-state index in [9.17, 15) is 26.4 Å². The monoisotopic (exact) mass is 322 g/mol. The maximum absolute atomic E-state index is 12.6. The lowest BCUT2D eigenvalue weighted by molar-refractivity contribution is -0.137. The van der Waals surface area contributed by atoms with Gasteiger partial charge in [0.15, 0.2) is 0 Å². The highest BCUT2D eigenvalue weighted by molar-refractivity contribution is 7.89. The molecule has 1 fully saturated rings. The molecule has 1 saturated heterocycles. The minimum absolute atomic E-state index is 0.0746. The summed E-state index contributed by atoms with van der Waals surface area (Å²) in [7, 11) is -3.83. The van der Waals surface area contributed by atoms with Crippen LogP contribution < -0.4 is 5.14 Å². The van der Waals surface area contributed by atoms with Crippen LogP contribution in [0.2, 0.25) is 0 Å². The van der Waals surface area contributed by atoms with Crippen molar-refractivity contribution in [3.63, 3.8) is 0 Å². The lowest BCUT2D eigenvalue weighted by atomic mass is 10.1. The summed E-state index contributed by atoms with van der Waals surface area (Å²) in [4.78, 5) is 12.9. The lowest BCUT2D eigenvalue weighted by Gasteiger charge is -2.17. The van der Waals surface area contributed by atoms with Crippen LogP contribution in [0, 0.1) is 0 Å². The Hall–Kier alpha value is -1.61. The van der Waals surface area contributed by atoms with Crippen LogP contribution in [0.3, 0.4) is 0 Å². The molecule has 0 bridgehead atoms. The van der Waals surface area contributed by atoms with Crippen LogP contribution >= 0.6 is 0 Å². The van der Waals surface area contributed by atoms with E-state index < -0.39 is 32.9 Å². The molecule has 1 aromatic rings. The first-order valence-corrected chi connectivity index (χ1v) is 7.64. The number of amides is 1. The van der Waals surface area contributed by atoms with Gasteiger partial charge in [0, 0.05) is 19.5 Å². The van der Waals surface area contributed by atoms with E-state index >= 15 is 0 Å². The second-order valence-corrected chi connectivity index (χ2v) is 6.73. The number of primary sulfonamides is 1. The smallest absolute Gasteiger partial charge is 0.337 e. The summed E-state index contributed by atoms with van der Waals surface area (Å²) in [5, 5.41) is 3.98. The molecule has 0 spiro atoms. The van der Waals surface area contributed by atoms with Crippen molar-refractivity contribution in [1.29, 1.82) is 0 Å². The number of rotatable bonds is 3. The number of carbonyl (C=O) groups excluding carboxylic acids is 1. The number of carbonyl (C=O) groups is 1. The number of hydrogen-bond donors (Lipinski definition) is 1. The van der Waals surface area contributed by atoms with Crippen molar-refractivity contribution in [2.24, 2.45) is 5.14 Å². The summed E-state index contributed by atoms with van der Waals surface area (Å²) in [6, 6.07) is 4.57. The molecule has 21 heavy (non-hydrogen) atoms. The van der Waals surface area contributed by atoms with Gasteiger partial charge in [0.1, 0.15) is 5.25 Å². The molecular formula is C12H13F3N2O3S. The molecule has 1 aliphatic rings. The topological polar surface area (TPSA) is 80.5 Å².